The van der Waals surface area contributed by atoms with E-state index in [0.29, 0.717) is 12.1 Å². The number of aromatic nitrogens is 2. The molecule has 1 fully saturated rings. The summed E-state index contributed by atoms with van der Waals surface area (Å²) in [5, 5.41) is 7.34. The van der Waals surface area contributed by atoms with Gasteiger partial charge in [0.2, 0.25) is 5.91 Å². The van der Waals surface area contributed by atoms with E-state index in [-0.39, 0.29) is 30.0 Å². The van der Waals surface area contributed by atoms with Gasteiger partial charge in [-0.2, -0.15) is 5.10 Å². The highest BCUT2D eigenvalue weighted by molar-refractivity contribution is 7.91. The third kappa shape index (κ3) is 4.31. The first-order valence-corrected chi connectivity index (χ1v) is 10.4. The highest BCUT2D eigenvalue weighted by Gasteiger charge is 2.31. The second-order valence-electron chi connectivity index (χ2n) is 6.91. The van der Waals surface area contributed by atoms with Gasteiger partial charge in [-0.1, -0.05) is 6.07 Å². The third-order valence-corrected chi connectivity index (χ3v) is 6.36. The molecule has 26 heavy (non-hydrogen) atoms. The molecule has 1 aromatic heterocycles. The Kier molecular flexibility index (Phi) is 5.15. The first-order valence-electron chi connectivity index (χ1n) is 8.58. The van der Waals surface area contributed by atoms with Crippen molar-refractivity contribution in [1.82, 2.24) is 14.7 Å². The largest absolute Gasteiger partial charge is 0.325 e. The third-order valence-electron chi connectivity index (χ3n) is 4.61. The Balaban J connectivity index is 1.65. The van der Waals surface area contributed by atoms with E-state index in [4.69, 9.17) is 0 Å². The molecule has 1 amide bonds. The van der Waals surface area contributed by atoms with Gasteiger partial charge in [-0.05, 0) is 51.6 Å². The average Bonchev–Trinajstić information content (AvgIpc) is 3.08. The second-order valence-corrected chi connectivity index (χ2v) is 9.14. The number of sulfone groups is 1. The summed E-state index contributed by atoms with van der Waals surface area (Å²) in [6.07, 6.45) is 0.583. The van der Waals surface area contributed by atoms with Gasteiger partial charge in [0.25, 0.3) is 0 Å². The van der Waals surface area contributed by atoms with E-state index in [2.05, 4.69) is 10.4 Å². The predicted molar refractivity (Wildman–Crippen MR) is 101 cm³/mol. The van der Waals surface area contributed by atoms with Crippen molar-refractivity contribution in [3.05, 3.63) is 41.7 Å². The van der Waals surface area contributed by atoms with Crippen LogP contribution >= 0.6 is 0 Å². The molecule has 1 saturated heterocycles. The van der Waals surface area contributed by atoms with Crippen LogP contribution in [0.15, 0.2) is 30.3 Å². The number of benzene rings is 1. The standard InChI is InChI=1S/C18H24N4O3S/c1-13-9-14(2)22(20-13)16-6-4-5-15(10-16)19-18(23)11-21(3)17-7-8-26(24,25)12-17/h4-6,9-10,17H,7-8,11-12H2,1-3H3,(H,19,23). The average molecular weight is 376 g/mol. The lowest BCUT2D eigenvalue weighted by Crippen LogP contribution is -2.38. The summed E-state index contributed by atoms with van der Waals surface area (Å²) in [5.41, 5.74) is 3.52. The number of carbonyl (C=O) groups is 1. The highest BCUT2D eigenvalue weighted by Crippen LogP contribution is 2.18. The van der Waals surface area contributed by atoms with E-state index < -0.39 is 9.84 Å². The summed E-state index contributed by atoms with van der Waals surface area (Å²) in [6, 6.07) is 9.41. The van der Waals surface area contributed by atoms with Crippen molar-refractivity contribution in [3.8, 4) is 5.69 Å². The Morgan fingerprint density at radius 2 is 2.12 bits per heavy atom. The summed E-state index contributed by atoms with van der Waals surface area (Å²) < 4.78 is 25.0. The van der Waals surface area contributed by atoms with Crippen LogP contribution in [0.4, 0.5) is 5.69 Å². The molecular weight excluding hydrogens is 352 g/mol. The molecule has 3 rings (SSSR count). The van der Waals surface area contributed by atoms with Crippen LogP contribution in [0.2, 0.25) is 0 Å². The molecule has 1 atom stereocenters. The molecule has 8 heteroatoms. The quantitative estimate of drug-likeness (QED) is 0.856. The monoisotopic (exact) mass is 376 g/mol. The summed E-state index contributed by atoms with van der Waals surface area (Å²) >= 11 is 0. The van der Waals surface area contributed by atoms with Crippen LogP contribution < -0.4 is 5.32 Å². The Morgan fingerprint density at radius 1 is 1.35 bits per heavy atom. The fourth-order valence-electron chi connectivity index (χ4n) is 3.28. The summed E-state index contributed by atoms with van der Waals surface area (Å²) in [5.74, 6) is 0.167. The van der Waals surface area contributed by atoms with Crippen LogP contribution in [-0.2, 0) is 14.6 Å². The maximum absolute atomic E-state index is 12.3. The minimum atomic E-state index is -2.96. The van der Waals surface area contributed by atoms with E-state index >= 15 is 0 Å². The summed E-state index contributed by atoms with van der Waals surface area (Å²) in [4.78, 5) is 14.1. The smallest absolute Gasteiger partial charge is 0.238 e. The van der Waals surface area contributed by atoms with Crippen LogP contribution in [0.25, 0.3) is 5.69 Å². The fraction of sp³-hybridized carbons (Fsp3) is 0.444. The molecule has 0 spiro atoms. The minimum Gasteiger partial charge on any atom is -0.325 e. The lowest BCUT2D eigenvalue weighted by molar-refractivity contribution is -0.117. The van der Waals surface area contributed by atoms with Gasteiger partial charge in [0.05, 0.1) is 29.4 Å². The first-order chi connectivity index (χ1) is 12.2. The Morgan fingerprint density at radius 3 is 2.73 bits per heavy atom. The van der Waals surface area contributed by atoms with Crippen molar-refractivity contribution < 1.29 is 13.2 Å². The Labute approximate surface area is 153 Å². The van der Waals surface area contributed by atoms with E-state index in [1.807, 2.05) is 53.8 Å². The number of anilines is 1. The number of rotatable bonds is 5. The summed E-state index contributed by atoms with van der Waals surface area (Å²) in [6.45, 7) is 4.08. The molecule has 7 nitrogen and oxygen atoms in total. The van der Waals surface area contributed by atoms with Gasteiger partial charge in [-0.25, -0.2) is 13.1 Å². The zero-order chi connectivity index (χ0) is 18.9. The molecule has 0 aliphatic carbocycles. The molecule has 1 aromatic carbocycles. The van der Waals surface area contributed by atoms with Gasteiger partial charge >= 0.3 is 0 Å². The van der Waals surface area contributed by atoms with E-state index in [0.717, 1.165) is 17.1 Å². The number of aryl methyl sites for hydroxylation is 2. The number of likely N-dealkylation sites (N-methyl/N-ethyl adjacent to an activating group) is 1. The normalized spacial score (nSPS) is 19.0. The molecule has 1 aliphatic heterocycles. The minimum absolute atomic E-state index is 0.0909. The van der Waals surface area contributed by atoms with Crippen molar-refractivity contribution in [2.45, 2.75) is 26.3 Å². The summed E-state index contributed by atoms with van der Waals surface area (Å²) in [7, 11) is -1.17. The van der Waals surface area contributed by atoms with Crippen LogP contribution in [0.5, 0.6) is 0 Å². The van der Waals surface area contributed by atoms with E-state index in [1.54, 1.807) is 7.05 Å². The molecule has 1 aliphatic rings. The molecular formula is C18H24N4O3S. The zero-order valence-electron chi connectivity index (χ0n) is 15.3. The molecule has 1 N–H and O–H groups in total. The highest BCUT2D eigenvalue weighted by atomic mass is 32.2. The lowest BCUT2D eigenvalue weighted by Gasteiger charge is -2.22. The van der Waals surface area contributed by atoms with Crippen molar-refractivity contribution in [1.29, 1.82) is 0 Å². The number of hydrogen-bond acceptors (Lipinski definition) is 5. The predicted octanol–water partition coefficient (Wildman–Crippen LogP) is 1.55. The number of nitrogens with zero attached hydrogens (tertiary/aromatic N) is 3. The van der Waals surface area contributed by atoms with Crippen molar-refractivity contribution in [2.24, 2.45) is 0 Å². The Hall–Kier alpha value is -2.19. The van der Waals surface area contributed by atoms with Crippen LogP contribution in [0.1, 0.15) is 17.8 Å². The molecule has 0 radical (unpaired) electrons. The lowest BCUT2D eigenvalue weighted by atomic mass is 10.2. The van der Waals surface area contributed by atoms with Gasteiger partial charge < -0.3 is 5.32 Å². The van der Waals surface area contributed by atoms with Gasteiger partial charge in [0.15, 0.2) is 9.84 Å². The number of amides is 1. The molecule has 0 bridgehead atoms. The van der Waals surface area contributed by atoms with Gasteiger partial charge in [0.1, 0.15) is 0 Å². The SMILES string of the molecule is Cc1cc(C)n(-c2cccc(NC(=O)CN(C)C3CCS(=O)(=O)C3)c2)n1. The van der Waals surface area contributed by atoms with E-state index in [9.17, 15) is 13.2 Å². The second kappa shape index (κ2) is 7.20. The maximum atomic E-state index is 12.3. The first kappa shape index (κ1) is 18.6. The van der Waals surface area contributed by atoms with Gasteiger partial charge in [0, 0.05) is 17.4 Å². The van der Waals surface area contributed by atoms with Crippen molar-refractivity contribution >= 4 is 21.4 Å². The maximum Gasteiger partial charge on any atom is 0.238 e. The van der Waals surface area contributed by atoms with E-state index in [1.165, 1.54) is 0 Å². The van der Waals surface area contributed by atoms with Crippen LogP contribution in [0.3, 0.4) is 0 Å². The molecule has 140 valence electrons. The van der Waals surface area contributed by atoms with Crippen LogP contribution in [-0.4, -0.2) is 60.1 Å². The Bertz CT molecular complexity index is 920. The number of nitrogens with one attached hydrogen (secondary N) is 1. The molecule has 0 saturated carbocycles. The molecule has 1 unspecified atom stereocenters. The van der Waals surface area contributed by atoms with Gasteiger partial charge in [-0.15, -0.1) is 0 Å². The van der Waals surface area contributed by atoms with Crippen LogP contribution in [0, 0.1) is 13.8 Å². The molecule has 2 aromatic rings. The topological polar surface area (TPSA) is 84.3 Å². The molecule has 2 heterocycles. The fourth-order valence-corrected chi connectivity index (χ4v) is 5.09. The number of carbonyl (C=O) groups excluding carboxylic acids is 1. The number of hydrogen-bond donors (Lipinski definition) is 1. The zero-order valence-corrected chi connectivity index (χ0v) is 16.1. The van der Waals surface area contributed by atoms with Crippen molar-refractivity contribution in [2.75, 3.05) is 30.4 Å². The van der Waals surface area contributed by atoms with Crippen molar-refractivity contribution in [3.63, 3.8) is 0 Å². The van der Waals surface area contributed by atoms with Gasteiger partial charge in [-0.3, -0.25) is 9.69 Å².